The molecule has 2 N–H and O–H groups in total. The van der Waals surface area contributed by atoms with Crippen LogP contribution >= 0.6 is 7.60 Å². The van der Waals surface area contributed by atoms with Gasteiger partial charge in [-0.3, -0.25) is 4.57 Å². The van der Waals surface area contributed by atoms with Gasteiger partial charge in [0, 0.05) is 5.56 Å². The number of hydrogen-bond donors (Lipinski definition) is 2. The zero-order chi connectivity index (χ0) is 14.8. The predicted molar refractivity (Wildman–Crippen MR) is 77.6 cm³/mol. The van der Waals surface area contributed by atoms with E-state index in [1.54, 1.807) is 48.5 Å². The number of ether oxygens (including phenoxy) is 1. The van der Waals surface area contributed by atoms with E-state index in [9.17, 15) is 14.4 Å². The monoisotopic (exact) mass is 292 g/mol. The molecule has 2 aromatic carbocycles. The first-order chi connectivity index (χ1) is 9.33. The van der Waals surface area contributed by atoms with Crippen molar-refractivity contribution < 1.29 is 19.1 Å². The highest BCUT2D eigenvalue weighted by Gasteiger charge is 2.46. The van der Waals surface area contributed by atoms with Crippen molar-refractivity contribution in [1.82, 2.24) is 0 Å². The highest BCUT2D eigenvalue weighted by molar-refractivity contribution is 7.52. The second-order valence-corrected chi connectivity index (χ2v) is 6.75. The molecule has 0 radical (unpaired) electrons. The number of benzene rings is 2. The maximum atomic E-state index is 11.9. The summed E-state index contributed by atoms with van der Waals surface area (Å²) in [6.45, 7) is 3.30. The number of hydrogen-bond acceptors (Lipinski definition) is 2. The summed E-state index contributed by atoms with van der Waals surface area (Å²) in [5.74, 6) is 0.430. The summed E-state index contributed by atoms with van der Waals surface area (Å²) in [5.41, 5.74) is 1.40. The zero-order valence-electron chi connectivity index (χ0n) is 11.4. The Hall–Kier alpha value is -1.61. The van der Waals surface area contributed by atoms with E-state index >= 15 is 0 Å². The minimum Gasteiger partial charge on any atom is -0.470 e. The third-order valence-electron chi connectivity index (χ3n) is 3.17. The summed E-state index contributed by atoms with van der Waals surface area (Å²) in [5, 5.41) is -1.71. The Bertz CT molecular complexity index is 635. The largest absolute Gasteiger partial charge is 0.470 e. The maximum Gasteiger partial charge on any atom is 0.373 e. The Balaban J connectivity index is 2.47. The van der Waals surface area contributed by atoms with Crippen molar-refractivity contribution >= 4 is 7.60 Å². The van der Waals surface area contributed by atoms with Crippen LogP contribution in [-0.2, 0) is 9.91 Å². The van der Waals surface area contributed by atoms with Gasteiger partial charge in [-0.25, -0.2) is 0 Å². The Labute approximate surface area is 118 Å². The predicted octanol–water partition coefficient (Wildman–Crippen LogP) is 3.42. The highest BCUT2D eigenvalue weighted by Crippen LogP contribution is 2.57. The van der Waals surface area contributed by atoms with Gasteiger partial charge < -0.3 is 14.5 Å². The summed E-state index contributed by atoms with van der Waals surface area (Å²) in [6, 6.07) is 15.6. The molecule has 1 atom stereocenters. The van der Waals surface area contributed by atoms with E-state index in [1.807, 2.05) is 13.0 Å². The quantitative estimate of drug-likeness (QED) is 0.847. The minimum atomic E-state index is -4.51. The van der Waals surface area contributed by atoms with E-state index in [-0.39, 0.29) is 0 Å². The lowest BCUT2D eigenvalue weighted by molar-refractivity contribution is 0.134. The molecule has 2 rings (SSSR count). The lowest BCUT2D eigenvalue weighted by atomic mass is 10.1. The molecule has 0 spiro atoms. The molecule has 0 aliphatic heterocycles. The van der Waals surface area contributed by atoms with E-state index in [0.29, 0.717) is 11.3 Å². The van der Waals surface area contributed by atoms with Gasteiger partial charge in [-0.1, -0.05) is 42.5 Å². The number of aryl methyl sites for hydroxylation is 1. The summed E-state index contributed by atoms with van der Waals surface area (Å²) in [6.07, 6.45) is 0. The van der Waals surface area contributed by atoms with Crippen molar-refractivity contribution in [2.75, 3.05) is 0 Å². The van der Waals surface area contributed by atoms with Crippen molar-refractivity contribution in [2.45, 2.75) is 19.2 Å². The van der Waals surface area contributed by atoms with Crippen LogP contribution in [0.5, 0.6) is 5.75 Å². The molecule has 5 heteroatoms. The molecule has 0 heterocycles. The van der Waals surface area contributed by atoms with Crippen LogP contribution < -0.4 is 4.74 Å². The topological polar surface area (TPSA) is 66.8 Å². The van der Waals surface area contributed by atoms with Crippen LogP contribution in [0, 0.1) is 6.92 Å². The van der Waals surface area contributed by atoms with Crippen molar-refractivity contribution in [3.63, 3.8) is 0 Å². The third-order valence-corrected chi connectivity index (χ3v) is 4.63. The average molecular weight is 292 g/mol. The fourth-order valence-electron chi connectivity index (χ4n) is 1.94. The Morgan fingerprint density at radius 3 is 2.25 bits per heavy atom. The molecule has 0 saturated heterocycles. The average Bonchev–Trinajstić information content (AvgIpc) is 2.38. The van der Waals surface area contributed by atoms with Crippen LogP contribution in [0.25, 0.3) is 0 Å². The lowest BCUT2D eigenvalue weighted by Gasteiger charge is -2.31. The molecule has 2 aromatic rings. The van der Waals surface area contributed by atoms with Crippen LogP contribution in [0.15, 0.2) is 54.6 Å². The molecule has 4 nitrogen and oxygen atoms in total. The highest BCUT2D eigenvalue weighted by atomic mass is 31.2. The van der Waals surface area contributed by atoms with Gasteiger partial charge >= 0.3 is 7.60 Å². The summed E-state index contributed by atoms with van der Waals surface area (Å²) < 4.78 is 17.6. The zero-order valence-corrected chi connectivity index (χ0v) is 12.2. The van der Waals surface area contributed by atoms with Gasteiger partial charge in [-0.05, 0) is 31.5 Å². The molecule has 20 heavy (non-hydrogen) atoms. The normalized spacial score (nSPS) is 14.6. The van der Waals surface area contributed by atoms with Crippen molar-refractivity contribution in [3.05, 3.63) is 65.7 Å². The molecule has 0 aliphatic carbocycles. The fourth-order valence-corrected chi connectivity index (χ4v) is 2.65. The van der Waals surface area contributed by atoms with Crippen molar-refractivity contribution in [3.8, 4) is 5.75 Å². The number of rotatable bonds is 4. The first-order valence-corrected chi connectivity index (χ1v) is 7.81. The third kappa shape index (κ3) is 2.93. The van der Waals surface area contributed by atoms with Crippen molar-refractivity contribution in [2.24, 2.45) is 0 Å². The van der Waals surface area contributed by atoms with E-state index in [4.69, 9.17) is 4.74 Å². The van der Waals surface area contributed by atoms with E-state index in [2.05, 4.69) is 0 Å². The van der Waals surface area contributed by atoms with Crippen LogP contribution in [-0.4, -0.2) is 9.79 Å². The molecule has 1 unspecified atom stereocenters. The van der Waals surface area contributed by atoms with E-state index in [1.165, 1.54) is 6.92 Å². The summed E-state index contributed by atoms with van der Waals surface area (Å²) in [7, 11) is -4.51. The van der Waals surface area contributed by atoms with Gasteiger partial charge in [0.25, 0.3) is 0 Å². The lowest BCUT2D eigenvalue weighted by Crippen LogP contribution is -2.29. The Kier molecular flexibility index (Phi) is 4.00. The first kappa shape index (κ1) is 14.8. The summed E-state index contributed by atoms with van der Waals surface area (Å²) >= 11 is 0. The Morgan fingerprint density at radius 2 is 1.70 bits per heavy atom. The molecule has 0 aliphatic rings. The van der Waals surface area contributed by atoms with Crippen LogP contribution in [0.3, 0.4) is 0 Å². The van der Waals surface area contributed by atoms with Gasteiger partial charge in [-0.2, -0.15) is 0 Å². The molecule has 106 valence electrons. The van der Waals surface area contributed by atoms with Gasteiger partial charge in [0.15, 0.2) is 0 Å². The molecular formula is C15H17O4P. The second kappa shape index (κ2) is 5.41. The van der Waals surface area contributed by atoms with Gasteiger partial charge in [0.2, 0.25) is 5.34 Å². The maximum absolute atomic E-state index is 11.9. The van der Waals surface area contributed by atoms with Gasteiger partial charge in [-0.15, -0.1) is 0 Å². The van der Waals surface area contributed by atoms with Crippen LogP contribution in [0.2, 0.25) is 0 Å². The smallest absolute Gasteiger partial charge is 0.373 e. The SMILES string of the molecule is Cc1cccc(OC(C)(c2ccccc2)P(=O)(O)O)c1. The molecule has 0 fully saturated rings. The van der Waals surface area contributed by atoms with Crippen LogP contribution in [0.4, 0.5) is 0 Å². The molecule has 0 saturated carbocycles. The van der Waals surface area contributed by atoms with Gasteiger partial charge in [0.05, 0.1) is 0 Å². The first-order valence-electron chi connectivity index (χ1n) is 6.20. The second-order valence-electron chi connectivity index (χ2n) is 4.81. The minimum absolute atomic E-state index is 0.430. The van der Waals surface area contributed by atoms with Crippen molar-refractivity contribution in [1.29, 1.82) is 0 Å². The summed E-state index contributed by atoms with van der Waals surface area (Å²) in [4.78, 5) is 19.4. The van der Waals surface area contributed by atoms with Crippen LogP contribution in [0.1, 0.15) is 18.1 Å². The standard InChI is InChI=1S/C15H17O4P/c1-12-7-6-10-14(11-12)19-15(2,20(16,17)18)13-8-4-3-5-9-13/h3-11H,1-2H3,(H2,16,17,18). The van der Waals surface area contributed by atoms with E-state index in [0.717, 1.165) is 5.56 Å². The molecular weight excluding hydrogens is 275 g/mol. The molecule has 0 amide bonds. The molecule has 0 bridgehead atoms. The van der Waals surface area contributed by atoms with Gasteiger partial charge in [0.1, 0.15) is 5.75 Å². The Morgan fingerprint density at radius 1 is 1.05 bits per heavy atom. The molecule has 0 aromatic heterocycles. The van der Waals surface area contributed by atoms with E-state index < -0.39 is 12.9 Å². The fraction of sp³-hybridized carbons (Fsp3) is 0.200.